The zero-order chi connectivity index (χ0) is 14.5. The molecule has 4 heteroatoms. The van der Waals surface area contributed by atoms with Gasteiger partial charge in [-0.3, -0.25) is 0 Å². The van der Waals surface area contributed by atoms with Gasteiger partial charge in [-0.25, -0.2) is 4.39 Å². The molecule has 1 N–H and O–H groups in total. The van der Waals surface area contributed by atoms with Gasteiger partial charge in [0.15, 0.2) is 0 Å². The Bertz CT molecular complexity index is 571. The van der Waals surface area contributed by atoms with Gasteiger partial charge in [0.25, 0.3) is 0 Å². The number of halogens is 3. The van der Waals surface area contributed by atoms with E-state index in [2.05, 4.69) is 28.2 Å². The normalized spacial score (nSPS) is 12.4. The van der Waals surface area contributed by atoms with Crippen molar-refractivity contribution < 1.29 is 4.39 Å². The van der Waals surface area contributed by atoms with E-state index < -0.39 is 0 Å². The van der Waals surface area contributed by atoms with Crippen molar-refractivity contribution in [3.05, 3.63) is 68.9 Å². The Morgan fingerprint density at radius 1 is 1.20 bits per heavy atom. The third kappa shape index (κ3) is 4.58. The molecule has 0 saturated heterocycles. The van der Waals surface area contributed by atoms with Gasteiger partial charge in [0.1, 0.15) is 5.82 Å². The SMILES string of the molecule is CC(Cc1ccc(F)cc1)NCc1ccc(Cl)cc1Br. The van der Waals surface area contributed by atoms with E-state index in [-0.39, 0.29) is 5.82 Å². The number of nitrogens with one attached hydrogen (secondary N) is 1. The van der Waals surface area contributed by atoms with Crippen LogP contribution in [0.3, 0.4) is 0 Å². The van der Waals surface area contributed by atoms with Crippen LogP contribution < -0.4 is 5.32 Å². The van der Waals surface area contributed by atoms with Gasteiger partial charge in [0, 0.05) is 22.1 Å². The number of hydrogen-bond acceptors (Lipinski definition) is 1. The van der Waals surface area contributed by atoms with Crippen LogP contribution in [0.2, 0.25) is 5.02 Å². The summed E-state index contributed by atoms with van der Waals surface area (Å²) in [6.07, 6.45) is 0.867. The van der Waals surface area contributed by atoms with Gasteiger partial charge in [0.2, 0.25) is 0 Å². The molecule has 106 valence electrons. The molecule has 2 aromatic carbocycles. The van der Waals surface area contributed by atoms with Crippen LogP contribution in [0.4, 0.5) is 4.39 Å². The Morgan fingerprint density at radius 3 is 2.55 bits per heavy atom. The smallest absolute Gasteiger partial charge is 0.123 e. The van der Waals surface area contributed by atoms with E-state index in [1.807, 2.05) is 30.3 Å². The van der Waals surface area contributed by atoms with Gasteiger partial charge in [0.05, 0.1) is 0 Å². The maximum absolute atomic E-state index is 12.8. The topological polar surface area (TPSA) is 12.0 Å². The maximum Gasteiger partial charge on any atom is 0.123 e. The molecule has 2 rings (SSSR count). The van der Waals surface area contributed by atoms with Crippen molar-refractivity contribution in [1.29, 1.82) is 0 Å². The minimum absolute atomic E-state index is 0.195. The van der Waals surface area contributed by atoms with Crippen LogP contribution in [0.1, 0.15) is 18.1 Å². The molecule has 0 amide bonds. The summed E-state index contributed by atoms with van der Waals surface area (Å²) < 4.78 is 13.8. The largest absolute Gasteiger partial charge is 0.310 e. The van der Waals surface area contributed by atoms with Crippen molar-refractivity contribution in [3.8, 4) is 0 Å². The average Bonchev–Trinajstić information content (AvgIpc) is 2.40. The molecule has 0 aliphatic carbocycles. The maximum atomic E-state index is 12.8. The summed E-state index contributed by atoms with van der Waals surface area (Å²) >= 11 is 9.42. The fourth-order valence-corrected chi connectivity index (χ4v) is 2.82. The van der Waals surface area contributed by atoms with Gasteiger partial charge >= 0.3 is 0 Å². The van der Waals surface area contributed by atoms with Gasteiger partial charge < -0.3 is 5.32 Å². The van der Waals surface area contributed by atoms with E-state index in [0.717, 1.165) is 28.0 Å². The summed E-state index contributed by atoms with van der Waals surface area (Å²) in [7, 11) is 0. The monoisotopic (exact) mass is 355 g/mol. The highest BCUT2D eigenvalue weighted by Gasteiger charge is 2.06. The first-order valence-corrected chi connectivity index (χ1v) is 7.63. The van der Waals surface area contributed by atoms with Crippen LogP contribution in [-0.2, 0) is 13.0 Å². The molecule has 0 heterocycles. The predicted octanol–water partition coefficient (Wildman–Crippen LogP) is 4.96. The third-order valence-corrected chi connectivity index (χ3v) is 4.08. The highest BCUT2D eigenvalue weighted by atomic mass is 79.9. The Morgan fingerprint density at radius 2 is 1.90 bits per heavy atom. The summed E-state index contributed by atoms with van der Waals surface area (Å²) in [6.45, 7) is 2.88. The summed E-state index contributed by atoms with van der Waals surface area (Å²) in [6, 6.07) is 12.7. The molecule has 0 radical (unpaired) electrons. The minimum Gasteiger partial charge on any atom is -0.310 e. The summed E-state index contributed by atoms with van der Waals surface area (Å²) in [4.78, 5) is 0. The minimum atomic E-state index is -0.195. The van der Waals surface area contributed by atoms with E-state index in [0.29, 0.717) is 6.04 Å². The molecule has 1 unspecified atom stereocenters. The molecule has 0 aliphatic heterocycles. The third-order valence-electron chi connectivity index (χ3n) is 3.11. The van der Waals surface area contributed by atoms with Crippen molar-refractivity contribution in [3.63, 3.8) is 0 Å². The van der Waals surface area contributed by atoms with Gasteiger partial charge in [-0.2, -0.15) is 0 Å². The molecular formula is C16H16BrClFN. The summed E-state index contributed by atoms with van der Waals surface area (Å²) in [5.41, 5.74) is 2.29. The number of benzene rings is 2. The Labute approximate surface area is 132 Å². The zero-order valence-corrected chi connectivity index (χ0v) is 13.5. The Balaban J connectivity index is 1.88. The number of rotatable bonds is 5. The second kappa shape index (κ2) is 7.21. The van der Waals surface area contributed by atoms with E-state index in [4.69, 9.17) is 11.6 Å². The highest BCUT2D eigenvalue weighted by Crippen LogP contribution is 2.21. The lowest BCUT2D eigenvalue weighted by atomic mass is 10.1. The Kier molecular flexibility index (Phi) is 5.58. The fourth-order valence-electron chi connectivity index (χ4n) is 2.00. The quantitative estimate of drug-likeness (QED) is 0.798. The Hall–Kier alpha value is -0.900. The van der Waals surface area contributed by atoms with Crippen molar-refractivity contribution in [1.82, 2.24) is 5.32 Å². The molecule has 0 aliphatic rings. The molecular weight excluding hydrogens is 341 g/mol. The van der Waals surface area contributed by atoms with E-state index in [9.17, 15) is 4.39 Å². The van der Waals surface area contributed by atoms with Crippen LogP contribution in [0.15, 0.2) is 46.9 Å². The summed E-state index contributed by atoms with van der Waals surface area (Å²) in [5, 5.41) is 4.18. The predicted molar refractivity (Wildman–Crippen MR) is 85.6 cm³/mol. The molecule has 1 nitrogen and oxygen atoms in total. The molecule has 2 aromatic rings. The summed E-state index contributed by atoms with van der Waals surface area (Å²) in [5.74, 6) is -0.195. The van der Waals surface area contributed by atoms with Crippen LogP contribution >= 0.6 is 27.5 Å². The van der Waals surface area contributed by atoms with Crippen LogP contribution in [0, 0.1) is 5.82 Å². The average molecular weight is 357 g/mol. The van der Waals surface area contributed by atoms with Crippen molar-refractivity contribution in [2.45, 2.75) is 25.9 Å². The van der Waals surface area contributed by atoms with Gasteiger partial charge in [-0.05, 0) is 48.7 Å². The second-order valence-electron chi connectivity index (χ2n) is 4.85. The molecule has 0 saturated carbocycles. The first-order chi connectivity index (χ1) is 9.54. The van der Waals surface area contributed by atoms with Crippen molar-refractivity contribution >= 4 is 27.5 Å². The molecule has 0 spiro atoms. The van der Waals surface area contributed by atoms with E-state index in [1.165, 1.54) is 17.7 Å². The van der Waals surface area contributed by atoms with Gasteiger partial charge in [-0.1, -0.05) is 45.7 Å². The lowest BCUT2D eigenvalue weighted by molar-refractivity contribution is 0.544. The molecule has 0 fully saturated rings. The molecule has 0 bridgehead atoms. The van der Waals surface area contributed by atoms with Crippen molar-refractivity contribution in [2.75, 3.05) is 0 Å². The van der Waals surface area contributed by atoms with Crippen LogP contribution in [0.5, 0.6) is 0 Å². The zero-order valence-electron chi connectivity index (χ0n) is 11.2. The van der Waals surface area contributed by atoms with E-state index >= 15 is 0 Å². The molecule has 20 heavy (non-hydrogen) atoms. The number of hydrogen-bond donors (Lipinski definition) is 1. The van der Waals surface area contributed by atoms with Gasteiger partial charge in [-0.15, -0.1) is 0 Å². The van der Waals surface area contributed by atoms with E-state index in [1.54, 1.807) is 0 Å². The second-order valence-corrected chi connectivity index (χ2v) is 6.14. The first kappa shape index (κ1) is 15.5. The fraction of sp³-hybridized carbons (Fsp3) is 0.250. The lowest BCUT2D eigenvalue weighted by Crippen LogP contribution is -2.27. The molecule has 0 aromatic heterocycles. The lowest BCUT2D eigenvalue weighted by Gasteiger charge is -2.15. The first-order valence-electron chi connectivity index (χ1n) is 6.46. The van der Waals surface area contributed by atoms with Crippen molar-refractivity contribution in [2.24, 2.45) is 0 Å². The highest BCUT2D eigenvalue weighted by molar-refractivity contribution is 9.10. The standard InChI is InChI=1S/C16H16BrClFN/c1-11(8-12-2-6-15(19)7-3-12)20-10-13-4-5-14(18)9-16(13)17/h2-7,9,11,20H,8,10H2,1H3. The van der Waals surface area contributed by atoms with Crippen LogP contribution in [-0.4, -0.2) is 6.04 Å². The van der Waals surface area contributed by atoms with Crippen LogP contribution in [0.25, 0.3) is 0 Å². The molecule has 1 atom stereocenters.